The molecule has 0 radical (unpaired) electrons. The van der Waals surface area contributed by atoms with Crippen LogP contribution >= 0.6 is 11.6 Å². The Balaban J connectivity index is 1.88. The van der Waals surface area contributed by atoms with Gasteiger partial charge in [0.2, 0.25) is 0 Å². The number of nitrogens with one attached hydrogen (secondary N) is 1. The Morgan fingerprint density at radius 1 is 1.19 bits per heavy atom. The van der Waals surface area contributed by atoms with Crippen molar-refractivity contribution < 1.29 is 14.3 Å². The van der Waals surface area contributed by atoms with Crippen molar-refractivity contribution in [2.45, 2.75) is 19.8 Å². The maximum atomic E-state index is 12.6. The van der Waals surface area contributed by atoms with Gasteiger partial charge in [-0.3, -0.25) is 4.79 Å². The topological polar surface area (TPSA) is 84.4 Å². The molecule has 0 saturated carbocycles. The second-order valence-electron chi connectivity index (χ2n) is 6.00. The number of methoxy groups -OCH3 is 1. The monoisotopic (exact) mass is 374 g/mol. The number of ether oxygens (including phenoxy) is 1. The number of carbonyl (C=O) groups excluding carboxylic acids is 2. The number of benzene rings is 1. The molecule has 0 unspecified atom stereocenters. The second kappa shape index (κ2) is 7.70. The number of hydrogen-bond acceptors (Lipinski definition) is 6. The van der Waals surface area contributed by atoms with Gasteiger partial charge in [0.1, 0.15) is 17.3 Å². The van der Waals surface area contributed by atoms with E-state index in [1.807, 2.05) is 0 Å². The summed E-state index contributed by atoms with van der Waals surface area (Å²) < 4.78 is 4.72. The Morgan fingerprint density at radius 2 is 1.92 bits per heavy atom. The van der Waals surface area contributed by atoms with Gasteiger partial charge >= 0.3 is 5.97 Å². The number of carbonyl (C=O) groups is 2. The standard InChI is InChI=1S/C18H19ClN4O3/c1-11-20-15(17(24)23-7-3-4-8-23)10-16(21-11)22-14-9-12(18(25)26-2)5-6-13(14)19/h5-6,9-10H,3-4,7-8H2,1-2H3,(H,20,21,22). The summed E-state index contributed by atoms with van der Waals surface area (Å²) in [5.41, 5.74) is 1.19. The number of likely N-dealkylation sites (tertiary alicyclic amines) is 1. The minimum Gasteiger partial charge on any atom is -0.465 e. The molecule has 1 fully saturated rings. The first-order valence-electron chi connectivity index (χ1n) is 8.28. The highest BCUT2D eigenvalue weighted by molar-refractivity contribution is 6.33. The summed E-state index contributed by atoms with van der Waals surface area (Å²) >= 11 is 6.21. The Morgan fingerprint density at radius 3 is 2.62 bits per heavy atom. The van der Waals surface area contributed by atoms with Crippen LogP contribution in [-0.2, 0) is 4.74 Å². The van der Waals surface area contributed by atoms with E-state index < -0.39 is 5.97 Å². The molecular weight excluding hydrogens is 356 g/mol. The van der Waals surface area contributed by atoms with Crippen molar-refractivity contribution in [1.82, 2.24) is 14.9 Å². The van der Waals surface area contributed by atoms with Gasteiger partial charge in [0, 0.05) is 19.2 Å². The molecule has 1 saturated heterocycles. The van der Waals surface area contributed by atoms with Crippen molar-refractivity contribution in [2.75, 3.05) is 25.5 Å². The van der Waals surface area contributed by atoms with Crippen LogP contribution in [0.5, 0.6) is 0 Å². The fourth-order valence-corrected chi connectivity index (χ4v) is 2.99. The van der Waals surface area contributed by atoms with Gasteiger partial charge in [0.05, 0.1) is 23.4 Å². The van der Waals surface area contributed by atoms with Crippen LogP contribution in [0.2, 0.25) is 5.02 Å². The van der Waals surface area contributed by atoms with E-state index >= 15 is 0 Å². The predicted molar refractivity (Wildman–Crippen MR) is 98.0 cm³/mol. The summed E-state index contributed by atoms with van der Waals surface area (Å²) in [6.07, 6.45) is 2.02. The number of amides is 1. The fraction of sp³-hybridized carbons (Fsp3) is 0.333. The van der Waals surface area contributed by atoms with Crippen LogP contribution in [0.4, 0.5) is 11.5 Å². The lowest BCUT2D eigenvalue weighted by atomic mass is 10.2. The number of halogens is 1. The van der Waals surface area contributed by atoms with E-state index in [1.54, 1.807) is 36.1 Å². The van der Waals surface area contributed by atoms with E-state index in [0.29, 0.717) is 33.6 Å². The molecule has 0 spiro atoms. The van der Waals surface area contributed by atoms with Crippen LogP contribution in [0, 0.1) is 6.92 Å². The van der Waals surface area contributed by atoms with Gasteiger partial charge in [-0.15, -0.1) is 0 Å². The zero-order valence-corrected chi connectivity index (χ0v) is 15.3. The SMILES string of the molecule is COC(=O)c1ccc(Cl)c(Nc2cc(C(=O)N3CCCC3)nc(C)n2)c1. The molecule has 26 heavy (non-hydrogen) atoms. The zero-order valence-electron chi connectivity index (χ0n) is 14.6. The molecule has 1 amide bonds. The van der Waals surface area contributed by atoms with Crippen molar-refractivity contribution >= 4 is 35.0 Å². The Kier molecular flexibility index (Phi) is 5.37. The van der Waals surface area contributed by atoms with Crippen LogP contribution in [0.15, 0.2) is 24.3 Å². The highest BCUT2D eigenvalue weighted by atomic mass is 35.5. The molecule has 1 aromatic carbocycles. The first-order valence-corrected chi connectivity index (χ1v) is 8.65. The highest BCUT2D eigenvalue weighted by Gasteiger charge is 2.21. The van der Waals surface area contributed by atoms with E-state index in [9.17, 15) is 9.59 Å². The third kappa shape index (κ3) is 3.94. The summed E-state index contributed by atoms with van der Waals surface area (Å²) in [5.74, 6) is 0.334. The average Bonchev–Trinajstić information content (AvgIpc) is 3.16. The van der Waals surface area contributed by atoms with Crippen LogP contribution in [0.25, 0.3) is 0 Å². The average molecular weight is 375 g/mol. The lowest BCUT2D eigenvalue weighted by molar-refractivity contribution is 0.0600. The Bertz CT molecular complexity index is 850. The number of hydrogen-bond donors (Lipinski definition) is 1. The summed E-state index contributed by atoms with van der Waals surface area (Å²) in [6.45, 7) is 3.22. The van der Waals surface area contributed by atoms with Crippen LogP contribution in [0.1, 0.15) is 39.5 Å². The lowest BCUT2D eigenvalue weighted by Crippen LogP contribution is -2.28. The molecule has 1 aliphatic heterocycles. The maximum absolute atomic E-state index is 12.6. The van der Waals surface area contributed by atoms with E-state index in [1.165, 1.54) is 7.11 Å². The predicted octanol–water partition coefficient (Wildman–Crippen LogP) is 3.20. The van der Waals surface area contributed by atoms with E-state index in [-0.39, 0.29) is 5.91 Å². The first-order chi connectivity index (χ1) is 12.5. The van der Waals surface area contributed by atoms with Crippen molar-refractivity contribution in [3.8, 4) is 0 Å². The molecule has 136 valence electrons. The number of nitrogens with zero attached hydrogens (tertiary/aromatic N) is 3. The number of aryl methyl sites for hydroxylation is 1. The van der Waals surface area contributed by atoms with Crippen LogP contribution in [0.3, 0.4) is 0 Å². The molecule has 1 aliphatic rings. The van der Waals surface area contributed by atoms with E-state index in [0.717, 1.165) is 25.9 Å². The summed E-state index contributed by atoms with van der Waals surface area (Å²) in [4.78, 5) is 34.6. The number of esters is 1. The Hall–Kier alpha value is -2.67. The van der Waals surface area contributed by atoms with Gasteiger partial charge < -0.3 is 15.0 Å². The van der Waals surface area contributed by atoms with Crippen molar-refractivity contribution in [3.63, 3.8) is 0 Å². The molecule has 2 aromatic rings. The second-order valence-corrected chi connectivity index (χ2v) is 6.40. The third-order valence-electron chi connectivity index (χ3n) is 4.10. The third-order valence-corrected chi connectivity index (χ3v) is 4.43. The molecule has 0 aliphatic carbocycles. The quantitative estimate of drug-likeness (QED) is 0.827. The Labute approximate surface area is 156 Å². The molecule has 3 rings (SSSR count). The van der Waals surface area contributed by atoms with Gasteiger partial charge in [0.15, 0.2) is 0 Å². The number of aromatic nitrogens is 2. The van der Waals surface area contributed by atoms with E-state index in [2.05, 4.69) is 15.3 Å². The lowest BCUT2D eigenvalue weighted by Gasteiger charge is -2.16. The number of anilines is 2. The maximum Gasteiger partial charge on any atom is 0.337 e. The minimum atomic E-state index is -0.464. The van der Waals surface area contributed by atoms with Crippen LogP contribution < -0.4 is 5.32 Å². The molecule has 0 bridgehead atoms. The van der Waals surface area contributed by atoms with Gasteiger partial charge in [-0.05, 0) is 38.0 Å². The first kappa shape index (κ1) is 18.1. The molecular formula is C18H19ClN4O3. The van der Waals surface area contributed by atoms with Gasteiger partial charge in [-0.1, -0.05) is 11.6 Å². The van der Waals surface area contributed by atoms with E-state index in [4.69, 9.17) is 16.3 Å². The smallest absolute Gasteiger partial charge is 0.337 e. The van der Waals surface area contributed by atoms with Crippen molar-refractivity contribution in [1.29, 1.82) is 0 Å². The zero-order chi connectivity index (χ0) is 18.7. The van der Waals surface area contributed by atoms with Gasteiger partial charge in [0.25, 0.3) is 5.91 Å². The largest absolute Gasteiger partial charge is 0.465 e. The summed E-state index contributed by atoms with van der Waals surface area (Å²) in [7, 11) is 1.31. The van der Waals surface area contributed by atoms with Gasteiger partial charge in [-0.2, -0.15) is 0 Å². The normalized spacial score (nSPS) is 13.6. The van der Waals surface area contributed by atoms with Gasteiger partial charge in [-0.25, -0.2) is 14.8 Å². The molecule has 7 nitrogen and oxygen atoms in total. The molecule has 0 atom stereocenters. The molecule has 2 heterocycles. The molecule has 1 N–H and O–H groups in total. The summed E-state index contributed by atoms with van der Waals surface area (Å²) in [6, 6.07) is 6.34. The fourth-order valence-electron chi connectivity index (χ4n) is 2.83. The highest BCUT2D eigenvalue weighted by Crippen LogP contribution is 2.27. The van der Waals surface area contributed by atoms with Crippen molar-refractivity contribution in [2.24, 2.45) is 0 Å². The number of rotatable bonds is 4. The minimum absolute atomic E-state index is 0.106. The summed E-state index contributed by atoms with van der Waals surface area (Å²) in [5, 5.41) is 3.47. The molecule has 1 aromatic heterocycles. The van der Waals surface area contributed by atoms with Crippen LogP contribution in [-0.4, -0.2) is 46.9 Å². The molecule has 8 heteroatoms. The van der Waals surface area contributed by atoms with Crippen molar-refractivity contribution in [3.05, 3.63) is 46.4 Å².